The topological polar surface area (TPSA) is 46.2 Å². The Morgan fingerprint density at radius 2 is 1.46 bits per heavy atom. The smallest absolute Gasteiger partial charge is 0.207 e. The summed E-state index contributed by atoms with van der Waals surface area (Å²) in [6, 6.07) is 19.0. The molecular weight excluding hydrogens is 411 g/mol. The second kappa shape index (κ2) is 7.95. The maximum Gasteiger partial charge on any atom is 0.417 e. The van der Waals surface area contributed by atoms with E-state index in [0.29, 0.717) is 0 Å². The van der Waals surface area contributed by atoms with Gasteiger partial charge in [0, 0.05) is 6.54 Å². The average Bonchev–Trinajstić information content (AvgIpc) is 2.67. The number of halogens is 4. The highest BCUT2D eigenvalue weighted by molar-refractivity contribution is 7.89. The van der Waals surface area contributed by atoms with Gasteiger partial charge in [0.05, 0.1) is 15.5 Å². The van der Waals surface area contributed by atoms with E-state index in [0.717, 1.165) is 23.3 Å². The van der Waals surface area contributed by atoms with Crippen LogP contribution in [0.4, 0.5) is 13.2 Å². The van der Waals surface area contributed by atoms with Crippen LogP contribution in [0.15, 0.2) is 77.7 Å². The molecule has 0 aromatic heterocycles. The van der Waals surface area contributed by atoms with E-state index in [-0.39, 0.29) is 17.0 Å². The zero-order chi connectivity index (χ0) is 20.4. The van der Waals surface area contributed by atoms with Crippen molar-refractivity contribution in [1.29, 1.82) is 0 Å². The number of hydrogen-bond acceptors (Lipinski definition) is 2. The highest BCUT2D eigenvalue weighted by Crippen LogP contribution is 2.35. The number of rotatable bonds is 5. The van der Waals surface area contributed by atoms with E-state index in [1.54, 1.807) is 12.1 Å². The summed E-state index contributed by atoms with van der Waals surface area (Å²) in [5.74, 6) is 0. The molecule has 3 aromatic rings. The lowest BCUT2D eigenvalue weighted by Crippen LogP contribution is -2.23. The molecule has 0 saturated heterocycles. The van der Waals surface area contributed by atoms with E-state index in [1.165, 1.54) is 18.2 Å². The van der Waals surface area contributed by atoms with Gasteiger partial charge in [0.2, 0.25) is 10.0 Å². The van der Waals surface area contributed by atoms with Crippen molar-refractivity contribution < 1.29 is 21.6 Å². The monoisotopic (exact) mass is 425 g/mol. The zero-order valence-corrected chi connectivity index (χ0v) is 15.9. The second-order valence-electron chi connectivity index (χ2n) is 6.03. The first-order valence-electron chi connectivity index (χ1n) is 8.17. The molecule has 0 spiro atoms. The Morgan fingerprint density at radius 1 is 0.857 bits per heavy atom. The minimum absolute atomic E-state index is 0.0252. The van der Waals surface area contributed by atoms with Gasteiger partial charge in [-0.1, -0.05) is 60.1 Å². The minimum Gasteiger partial charge on any atom is -0.207 e. The highest BCUT2D eigenvalue weighted by Gasteiger charge is 2.33. The first-order valence-corrected chi connectivity index (χ1v) is 10.0. The minimum atomic E-state index is -4.61. The van der Waals surface area contributed by atoms with Crippen LogP contribution < -0.4 is 4.72 Å². The van der Waals surface area contributed by atoms with E-state index in [1.807, 2.05) is 30.3 Å². The number of sulfonamides is 1. The van der Waals surface area contributed by atoms with Gasteiger partial charge in [-0.05, 0) is 41.0 Å². The molecule has 3 rings (SSSR count). The van der Waals surface area contributed by atoms with Crippen LogP contribution in [-0.2, 0) is 22.7 Å². The van der Waals surface area contributed by atoms with Crippen LogP contribution in [0.25, 0.3) is 11.1 Å². The standard InChI is InChI=1S/C20H15ClF3NO2S/c21-19-11-6-14(12-18(19)20(22,23)24)13-25-28(26,27)17-9-7-16(8-10-17)15-4-2-1-3-5-15/h1-12,25H,13H2. The molecule has 1 N–H and O–H groups in total. The third-order valence-electron chi connectivity index (χ3n) is 4.07. The Bertz CT molecular complexity index is 1070. The predicted octanol–water partition coefficient (Wildman–Crippen LogP) is 5.50. The summed E-state index contributed by atoms with van der Waals surface area (Å²) < 4.78 is 66.0. The van der Waals surface area contributed by atoms with Crippen LogP contribution in [0.5, 0.6) is 0 Å². The van der Waals surface area contributed by atoms with Gasteiger partial charge in [0.15, 0.2) is 0 Å². The summed E-state index contributed by atoms with van der Waals surface area (Å²) in [5.41, 5.74) is 0.951. The van der Waals surface area contributed by atoms with Gasteiger partial charge in [-0.25, -0.2) is 13.1 Å². The molecule has 0 saturated carbocycles. The fourth-order valence-electron chi connectivity index (χ4n) is 2.62. The summed E-state index contributed by atoms with van der Waals surface area (Å²) in [6.07, 6.45) is -4.61. The highest BCUT2D eigenvalue weighted by atomic mass is 35.5. The van der Waals surface area contributed by atoms with Crippen molar-refractivity contribution in [2.24, 2.45) is 0 Å². The third kappa shape index (κ3) is 4.73. The Labute approximate surface area is 165 Å². The van der Waals surface area contributed by atoms with E-state index >= 15 is 0 Å². The van der Waals surface area contributed by atoms with Crippen molar-refractivity contribution >= 4 is 21.6 Å². The molecule has 0 unspecified atom stereocenters. The quantitative estimate of drug-likeness (QED) is 0.586. The molecule has 0 radical (unpaired) electrons. The van der Waals surface area contributed by atoms with Crippen molar-refractivity contribution in [3.05, 3.63) is 88.9 Å². The molecule has 0 amide bonds. The Hall–Kier alpha value is -2.35. The average molecular weight is 426 g/mol. The predicted molar refractivity (Wildman–Crippen MR) is 102 cm³/mol. The maximum atomic E-state index is 12.9. The van der Waals surface area contributed by atoms with Crippen LogP contribution in [0.3, 0.4) is 0 Å². The number of nitrogens with one attached hydrogen (secondary N) is 1. The molecule has 0 aliphatic heterocycles. The van der Waals surface area contributed by atoms with Crippen LogP contribution in [0, 0.1) is 0 Å². The fourth-order valence-corrected chi connectivity index (χ4v) is 3.86. The van der Waals surface area contributed by atoms with Crippen molar-refractivity contribution in [3.63, 3.8) is 0 Å². The van der Waals surface area contributed by atoms with E-state index in [4.69, 9.17) is 11.6 Å². The lowest BCUT2D eigenvalue weighted by Gasteiger charge is -2.12. The van der Waals surface area contributed by atoms with Crippen LogP contribution in [-0.4, -0.2) is 8.42 Å². The van der Waals surface area contributed by atoms with Gasteiger partial charge in [-0.3, -0.25) is 0 Å². The summed E-state index contributed by atoms with van der Waals surface area (Å²) in [6.45, 7) is -0.289. The van der Waals surface area contributed by atoms with Gasteiger partial charge < -0.3 is 0 Å². The lowest BCUT2D eigenvalue weighted by atomic mass is 10.1. The van der Waals surface area contributed by atoms with Gasteiger partial charge >= 0.3 is 6.18 Å². The number of benzene rings is 3. The van der Waals surface area contributed by atoms with Crippen molar-refractivity contribution in [2.45, 2.75) is 17.6 Å². The molecule has 146 valence electrons. The Balaban J connectivity index is 1.76. The Kier molecular flexibility index (Phi) is 5.79. The molecule has 8 heteroatoms. The first kappa shape index (κ1) is 20.4. The van der Waals surface area contributed by atoms with Gasteiger partial charge in [-0.15, -0.1) is 0 Å². The van der Waals surface area contributed by atoms with Crippen LogP contribution in [0.2, 0.25) is 5.02 Å². The SMILES string of the molecule is O=S(=O)(NCc1ccc(Cl)c(C(F)(F)F)c1)c1ccc(-c2ccccc2)cc1. The van der Waals surface area contributed by atoms with Gasteiger partial charge in [0.25, 0.3) is 0 Å². The second-order valence-corrected chi connectivity index (χ2v) is 8.20. The van der Waals surface area contributed by atoms with Gasteiger partial charge in [0.1, 0.15) is 0 Å². The van der Waals surface area contributed by atoms with Crippen molar-refractivity contribution in [2.75, 3.05) is 0 Å². The van der Waals surface area contributed by atoms with Crippen LogP contribution in [0.1, 0.15) is 11.1 Å². The largest absolute Gasteiger partial charge is 0.417 e. The normalized spacial score (nSPS) is 12.1. The van der Waals surface area contributed by atoms with Crippen LogP contribution >= 0.6 is 11.6 Å². The zero-order valence-electron chi connectivity index (χ0n) is 14.4. The third-order valence-corrected chi connectivity index (χ3v) is 5.82. The molecule has 0 aliphatic carbocycles. The molecule has 0 aliphatic rings. The molecule has 0 bridgehead atoms. The van der Waals surface area contributed by atoms with E-state index in [2.05, 4.69) is 4.72 Å². The number of hydrogen-bond donors (Lipinski definition) is 1. The maximum absolute atomic E-state index is 12.9. The molecule has 28 heavy (non-hydrogen) atoms. The molecule has 0 fully saturated rings. The molecule has 3 aromatic carbocycles. The summed E-state index contributed by atoms with van der Waals surface area (Å²) in [4.78, 5) is 0.0252. The van der Waals surface area contributed by atoms with Crippen molar-refractivity contribution in [3.8, 4) is 11.1 Å². The summed E-state index contributed by atoms with van der Waals surface area (Å²) in [5, 5.41) is -0.435. The van der Waals surface area contributed by atoms with E-state index in [9.17, 15) is 21.6 Å². The number of alkyl halides is 3. The molecule has 0 heterocycles. The van der Waals surface area contributed by atoms with Gasteiger partial charge in [-0.2, -0.15) is 13.2 Å². The molecular formula is C20H15ClF3NO2S. The lowest BCUT2D eigenvalue weighted by molar-refractivity contribution is -0.137. The van der Waals surface area contributed by atoms with E-state index < -0.39 is 26.8 Å². The van der Waals surface area contributed by atoms with Crippen molar-refractivity contribution in [1.82, 2.24) is 4.72 Å². The Morgan fingerprint density at radius 3 is 2.07 bits per heavy atom. The summed E-state index contributed by atoms with van der Waals surface area (Å²) in [7, 11) is -3.88. The fraction of sp³-hybridized carbons (Fsp3) is 0.100. The molecule has 0 atom stereocenters. The first-order chi connectivity index (χ1) is 13.2. The summed E-state index contributed by atoms with van der Waals surface area (Å²) >= 11 is 5.57. The molecule has 3 nitrogen and oxygen atoms in total.